The Morgan fingerprint density at radius 1 is 1.07 bits per heavy atom. The molecule has 7 nitrogen and oxygen atoms in total. The highest BCUT2D eigenvalue weighted by molar-refractivity contribution is 5.91. The van der Waals surface area contributed by atoms with E-state index in [-0.39, 0.29) is 24.0 Å². The normalized spacial score (nSPS) is 13.8. The maximum absolute atomic E-state index is 12.9. The average molecular weight is 407 g/mol. The number of amides is 2. The lowest BCUT2D eigenvalue weighted by atomic mass is 9.98. The molecule has 0 bridgehead atoms. The van der Waals surface area contributed by atoms with Gasteiger partial charge in [-0.15, -0.1) is 0 Å². The number of carbonyl (C=O) groups excluding carboxylic acids is 3. The second-order valence-electron chi connectivity index (χ2n) is 7.34. The van der Waals surface area contributed by atoms with Crippen LogP contribution in [0.2, 0.25) is 0 Å². The van der Waals surface area contributed by atoms with Crippen LogP contribution in [-0.4, -0.2) is 42.1 Å². The fraction of sp³-hybridized carbons (Fsp3) is 0.591. The largest absolute Gasteiger partial charge is 0.508 e. The molecule has 0 unspecified atom stereocenters. The molecule has 3 atom stereocenters. The number of esters is 1. The van der Waals surface area contributed by atoms with Crippen LogP contribution in [-0.2, 0) is 25.5 Å². The highest BCUT2D eigenvalue weighted by atomic mass is 16.5. The Kier molecular flexibility index (Phi) is 10.8. The third-order valence-electron chi connectivity index (χ3n) is 5.00. The zero-order chi connectivity index (χ0) is 21.8. The van der Waals surface area contributed by atoms with Crippen molar-refractivity contribution in [2.75, 3.05) is 7.11 Å². The van der Waals surface area contributed by atoms with E-state index < -0.39 is 24.0 Å². The van der Waals surface area contributed by atoms with Crippen LogP contribution in [0.15, 0.2) is 24.3 Å². The van der Waals surface area contributed by atoms with Crippen molar-refractivity contribution in [3.05, 3.63) is 29.8 Å². The van der Waals surface area contributed by atoms with Crippen molar-refractivity contribution in [2.45, 2.75) is 71.4 Å². The molecule has 2 amide bonds. The minimum absolute atomic E-state index is 0.110. The summed E-state index contributed by atoms with van der Waals surface area (Å²) in [7, 11) is 1.29. The lowest BCUT2D eigenvalue weighted by molar-refractivity contribution is -0.147. The molecule has 0 saturated heterocycles. The summed E-state index contributed by atoms with van der Waals surface area (Å²) in [6.45, 7) is 5.84. The summed E-state index contributed by atoms with van der Waals surface area (Å²) < 4.78 is 4.83. The molecule has 0 saturated carbocycles. The van der Waals surface area contributed by atoms with Gasteiger partial charge in [0.2, 0.25) is 11.8 Å². The van der Waals surface area contributed by atoms with E-state index in [4.69, 9.17) is 4.74 Å². The topological polar surface area (TPSA) is 105 Å². The van der Waals surface area contributed by atoms with Gasteiger partial charge >= 0.3 is 5.97 Å². The molecular formula is C22H34N2O5. The van der Waals surface area contributed by atoms with E-state index >= 15 is 0 Å². The number of carbonyl (C=O) groups is 3. The molecule has 1 aromatic rings. The lowest BCUT2D eigenvalue weighted by Crippen LogP contribution is -2.54. The number of benzene rings is 1. The number of aromatic hydroxyl groups is 1. The van der Waals surface area contributed by atoms with E-state index in [2.05, 4.69) is 17.6 Å². The van der Waals surface area contributed by atoms with Crippen LogP contribution in [0.25, 0.3) is 0 Å². The Morgan fingerprint density at radius 3 is 2.28 bits per heavy atom. The molecule has 0 aromatic heterocycles. The number of phenols is 1. The van der Waals surface area contributed by atoms with Gasteiger partial charge in [0.25, 0.3) is 0 Å². The van der Waals surface area contributed by atoms with E-state index in [1.165, 1.54) is 19.2 Å². The van der Waals surface area contributed by atoms with E-state index in [1.807, 2.05) is 13.8 Å². The van der Waals surface area contributed by atoms with Gasteiger partial charge in [-0.1, -0.05) is 52.2 Å². The first-order valence-electron chi connectivity index (χ1n) is 10.3. The SMILES string of the molecule is CCCCCC(=O)N[C@@H](Cc1ccc(O)cc1)C(=O)N[C@H](C(=O)OC)[C@@H](C)CC. The van der Waals surface area contributed by atoms with Crippen molar-refractivity contribution in [2.24, 2.45) is 5.92 Å². The number of nitrogens with one attached hydrogen (secondary N) is 2. The summed E-state index contributed by atoms with van der Waals surface area (Å²) in [5.74, 6) is -1.12. The lowest BCUT2D eigenvalue weighted by Gasteiger charge is -2.25. The van der Waals surface area contributed by atoms with Crippen LogP contribution in [0, 0.1) is 5.92 Å². The molecule has 7 heteroatoms. The van der Waals surface area contributed by atoms with Gasteiger partial charge in [-0.3, -0.25) is 9.59 Å². The van der Waals surface area contributed by atoms with Gasteiger partial charge in [-0.05, 0) is 30.0 Å². The maximum atomic E-state index is 12.9. The van der Waals surface area contributed by atoms with Crippen LogP contribution in [0.5, 0.6) is 5.75 Å². The van der Waals surface area contributed by atoms with Gasteiger partial charge in [-0.25, -0.2) is 4.79 Å². The van der Waals surface area contributed by atoms with Crippen LogP contribution in [0.1, 0.15) is 58.4 Å². The van der Waals surface area contributed by atoms with Gasteiger partial charge in [0.1, 0.15) is 17.8 Å². The molecule has 162 valence electrons. The average Bonchev–Trinajstić information content (AvgIpc) is 2.71. The minimum Gasteiger partial charge on any atom is -0.508 e. The summed E-state index contributed by atoms with van der Waals surface area (Å²) in [5, 5.41) is 15.0. The van der Waals surface area contributed by atoms with Crippen molar-refractivity contribution in [1.29, 1.82) is 0 Å². The van der Waals surface area contributed by atoms with Crippen molar-refractivity contribution in [1.82, 2.24) is 10.6 Å². The summed E-state index contributed by atoms with van der Waals surface area (Å²) in [6.07, 6.45) is 3.99. The van der Waals surface area contributed by atoms with E-state index in [9.17, 15) is 19.5 Å². The number of ether oxygens (including phenoxy) is 1. The first kappa shape index (κ1) is 24.5. The van der Waals surface area contributed by atoms with Gasteiger partial charge in [0.05, 0.1) is 7.11 Å². The number of hydrogen-bond donors (Lipinski definition) is 3. The number of unbranched alkanes of at least 4 members (excludes halogenated alkanes) is 2. The summed E-state index contributed by atoms with van der Waals surface area (Å²) in [4.78, 5) is 37.4. The molecule has 29 heavy (non-hydrogen) atoms. The number of rotatable bonds is 12. The monoisotopic (exact) mass is 406 g/mol. The minimum atomic E-state index is -0.829. The molecule has 0 radical (unpaired) electrons. The van der Waals surface area contributed by atoms with Crippen molar-refractivity contribution in [3.8, 4) is 5.75 Å². The maximum Gasteiger partial charge on any atom is 0.328 e. The molecule has 0 fully saturated rings. The smallest absolute Gasteiger partial charge is 0.328 e. The third-order valence-corrected chi connectivity index (χ3v) is 5.00. The Labute approximate surface area is 173 Å². The molecule has 0 aliphatic heterocycles. The van der Waals surface area contributed by atoms with Crippen LogP contribution >= 0.6 is 0 Å². The number of phenolic OH excluding ortho intramolecular Hbond substituents is 1. The second-order valence-corrected chi connectivity index (χ2v) is 7.34. The summed E-state index contributed by atoms with van der Waals surface area (Å²) in [5.41, 5.74) is 0.787. The molecule has 1 aromatic carbocycles. The van der Waals surface area contributed by atoms with Crippen molar-refractivity contribution in [3.63, 3.8) is 0 Å². The quantitative estimate of drug-likeness (QED) is 0.366. The van der Waals surface area contributed by atoms with Crippen LogP contribution < -0.4 is 10.6 Å². The highest BCUT2D eigenvalue weighted by Crippen LogP contribution is 2.13. The highest BCUT2D eigenvalue weighted by Gasteiger charge is 2.30. The van der Waals surface area contributed by atoms with Gasteiger partial charge in [-0.2, -0.15) is 0 Å². The second kappa shape index (κ2) is 12.8. The predicted molar refractivity (Wildman–Crippen MR) is 111 cm³/mol. The Balaban J connectivity index is 2.94. The van der Waals surface area contributed by atoms with E-state index in [0.717, 1.165) is 24.8 Å². The molecule has 0 heterocycles. The number of hydrogen-bond acceptors (Lipinski definition) is 5. The molecule has 0 spiro atoms. The summed E-state index contributed by atoms with van der Waals surface area (Å²) >= 11 is 0. The fourth-order valence-corrected chi connectivity index (χ4v) is 2.93. The van der Waals surface area contributed by atoms with Crippen LogP contribution in [0.3, 0.4) is 0 Å². The number of methoxy groups -OCH3 is 1. The standard InChI is InChI=1S/C22H34N2O5/c1-5-7-8-9-19(26)23-18(14-16-10-12-17(25)13-11-16)21(27)24-20(15(3)6-2)22(28)29-4/h10-13,15,18,20,25H,5-9,14H2,1-4H3,(H,23,26)(H,24,27)/t15-,18-,20-/m0/s1. The first-order valence-corrected chi connectivity index (χ1v) is 10.3. The Hall–Kier alpha value is -2.57. The van der Waals surface area contributed by atoms with Crippen molar-refractivity contribution < 1.29 is 24.2 Å². The summed E-state index contributed by atoms with van der Waals surface area (Å²) in [6, 6.07) is 4.85. The zero-order valence-electron chi connectivity index (χ0n) is 17.9. The molecule has 3 N–H and O–H groups in total. The predicted octanol–water partition coefficient (Wildman–Crippen LogP) is 2.70. The Bertz CT molecular complexity index is 660. The van der Waals surface area contributed by atoms with Crippen molar-refractivity contribution >= 4 is 17.8 Å². The molecule has 0 aliphatic carbocycles. The molecule has 1 rings (SSSR count). The van der Waals surface area contributed by atoms with Gasteiger partial charge in [0, 0.05) is 12.8 Å². The first-order chi connectivity index (χ1) is 13.8. The van der Waals surface area contributed by atoms with E-state index in [1.54, 1.807) is 12.1 Å². The molecule has 0 aliphatic rings. The fourth-order valence-electron chi connectivity index (χ4n) is 2.93. The van der Waals surface area contributed by atoms with Crippen LogP contribution in [0.4, 0.5) is 0 Å². The Morgan fingerprint density at radius 2 is 1.72 bits per heavy atom. The zero-order valence-corrected chi connectivity index (χ0v) is 17.9. The van der Waals surface area contributed by atoms with E-state index in [0.29, 0.717) is 12.8 Å². The van der Waals surface area contributed by atoms with Gasteiger partial charge < -0.3 is 20.5 Å². The third kappa shape index (κ3) is 8.54. The molecular weight excluding hydrogens is 372 g/mol. The van der Waals surface area contributed by atoms with Gasteiger partial charge in [0.15, 0.2) is 0 Å².